The summed E-state index contributed by atoms with van der Waals surface area (Å²) in [6, 6.07) is 13.6. The van der Waals surface area contributed by atoms with E-state index in [0.717, 1.165) is 32.0 Å². The summed E-state index contributed by atoms with van der Waals surface area (Å²) in [6.45, 7) is 5.92. The van der Waals surface area contributed by atoms with Crippen LogP contribution in [0.25, 0.3) is 5.69 Å². The van der Waals surface area contributed by atoms with Crippen molar-refractivity contribution in [3.63, 3.8) is 0 Å². The molecule has 1 aliphatic heterocycles. The van der Waals surface area contributed by atoms with Crippen molar-refractivity contribution in [1.29, 1.82) is 0 Å². The Morgan fingerprint density at radius 2 is 1.81 bits per heavy atom. The topological polar surface area (TPSA) is 50.2 Å². The van der Waals surface area contributed by atoms with Crippen LogP contribution in [0.5, 0.6) is 0 Å². The van der Waals surface area contributed by atoms with Gasteiger partial charge >= 0.3 is 0 Å². The van der Waals surface area contributed by atoms with Gasteiger partial charge in [-0.05, 0) is 57.5 Å². The van der Waals surface area contributed by atoms with Crippen LogP contribution in [0.2, 0.25) is 0 Å². The van der Waals surface area contributed by atoms with Gasteiger partial charge in [0.25, 0.3) is 5.91 Å². The highest BCUT2D eigenvalue weighted by Gasteiger charge is 2.26. The first kappa shape index (κ1) is 21.2. The molecule has 0 bridgehead atoms. The molecule has 0 radical (unpaired) electrons. The molecule has 0 aliphatic carbocycles. The molecule has 1 unspecified atom stereocenters. The van der Waals surface area contributed by atoms with Crippen molar-refractivity contribution in [3.8, 4) is 5.69 Å². The SMILES string of the molecule is Cc1nn(-c2ccc(F)cc2F)c(C)c1C(=O)NCC(c1ccccc1)N1CCCC1. The van der Waals surface area contributed by atoms with E-state index in [9.17, 15) is 13.6 Å². The predicted octanol–water partition coefficient (Wildman–Crippen LogP) is 4.33. The van der Waals surface area contributed by atoms with Gasteiger partial charge in [0.2, 0.25) is 0 Å². The molecular formula is C24H26F2N4O. The van der Waals surface area contributed by atoms with E-state index in [4.69, 9.17) is 0 Å². The van der Waals surface area contributed by atoms with E-state index in [1.807, 2.05) is 18.2 Å². The highest BCUT2D eigenvalue weighted by molar-refractivity contribution is 5.96. The Balaban J connectivity index is 1.56. The average molecular weight is 424 g/mol. The van der Waals surface area contributed by atoms with E-state index in [0.29, 0.717) is 23.5 Å². The minimum Gasteiger partial charge on any atom is -0.350 e. The van der Waals surface area contributed by atoms with E-state index in [2.05, 4.69) is 27.4 Å². The van der Waals surface area contributed by atoms with Crippen molar-refractivity contribution in [2.75, 3.05) is 19.6 Å². The summed E-state index contributed by atoms with van der Waals surface area (Å²) >= 11 is 0. The molecule has 2 aromatic carbocycles. The Morgan fingerprint density at radius 1 is 1.10 bits per heavy atom. The number of aromatic nitrogens is 2. The molecule has 2 heterocycles. The zero-order chi connectivity index (χ0) is 22.0. The van der Waals surface area contributed by atoms with Gasteiger partial charge in [-0.25, -0.2) is 13.5 Å². The van der Waals surface area contributed by atoms with Crippen molar-refractivity contribution in [1.82, 2.24) is 20.0 Å². The molecule has 1 saturated heterocycles. The van der Waals surface area contributed by atoms with Gasteiger partial charge in [-0.1, -0.05) is 30.3 Å². The van der Waals surface area contributed by atoms with E-state index >= 15 is 0 Å². The van der Waals surface area contributed by atoms with Crippen LogP contribution in [-0.4, -0.2) is 40.2 Å². The number of aryl methyl sites for hydroxylation is 1. The molecule has 0 saturated carbocycles. The Labute approximate surface area is 180 Å². The molecule has 1 atom stereocenters. The fraction of sp³-hybridized carbons (Fsp3) is 0.333. The maximum atomic E-state index is 14.3. The quantitative estimate of drug-likeness (QED) is 0.641. The highest BCUT2D eigenvalue weighted by atomic mass is 19.1. The molecule has 1 aliphatic rings. The van der Waals surface area contributed by atoms with Crippen LogP contribution in [-0.2, 0) is 0 Å². The molecule has 7 heteroatoms. The second-order valence-electron chi connectivity index (χ2n) is 7.93. The Morgan fingerprint density at radius 3 is 2.48 bits per heavy atom. The Bertz CT molecular complexity index is 1070. The van der Waals surface area contributed by atoms with Crippen LogP contribution in [0.4, 0.5) is 8.78 Å². The second kappa shape index (κ2) is 8.98. The van der Waals surface area contributed by atoms with Gasteiger partial charge < -0.3 is 5.32 Å². The number of hydrogen-bond acceptors (Lipinski definition) is 3. The van der Waals surface area contributed by atoms with Crippen LogP contribution in [0.1, 0.15) is 46.2 Å². The summed E-state index contributed by atoms with van der Waals surface area (Å²) in [5.41, 5.74) is 2.70. The zero-order valence-electron chi connectivity index (χ0n) is 17.7. The van der Waals surface area contributed by atoms with Crippen LogP contribution < -0.4 is 5.32 Å². The van der Waals surface area contributed by atoms with E-state index in [-0.39, 0.29) is 17.6 Å². The molecule has 1 amide bonds. The number of nitrogens with one attached hydrogen (secondary N) is 1. The fourth-order valence-corrected chi connectivity index (χ4v) is 4.32. The Hall–Kier alpha value is -3.06. The van der Waals surface area contributed by atoms with Crippen LogP contribution in [0.3, 0.4) is 0 Å². The lowest BCUT2D eigenvalue weighted by atomic mass is 10.1. The molecule has 0 spiro atoms. The number of halogens is 2. The summed E-state index contributed by atoms with van der Waals surface area (Å²) in [6.07, 6.45) is 2.32. The monoisotopic (exact) mass is 424 g/mol. The van der Waals surface area contributed by atoms with Crippen molar-refractivity contribution < 1.29 is 13.6 Å². The number of carbonyl (C=O) groups excluding carboxylic acids is 1. The van der Waals surface area contributed by atoms with Gasteiger partial charge in [0.05, 0.1) is 23.0 Å². The zero-order valence-corrected chi connectivity index (χ0v) is 17.7. The van der Waals surface area contributed by atoms with Gasteiger partial charge in [0, 0.05) is 12.6 Å². The van der Waals surface area contributed by atoms with Crippen molar-refractivity contribution in [2.24, 2.45) is 0 Å². The molecule has 5 nitrogen and oxygen atoms in total. The minimum absolute atomic E-state index is 0.0952. The number of benzene rings is 2. The maximum absolute atomic E-state index is 14.3. The van der Waals surface area contributed by atoms with Crippen molar-refractivity contribution >= 4 is 5.91 Å². The molecule has 1 fully saturated rings. The van der Waals surface area contributed by atoms with Crippen molar-refractivity contribution in [2.45, 2.75) is 32.7 Å². The third-order valence-corrected chi connectivity index (χ3v) is 5.88. The summed E-state index contributed by atoms with van der Waals surface area (Å²) in [5, 5.41) is 7.39. The number of likely N-dealkylation sites (tertiary alicyclic amines) is 1. The largest absolute Gasteiger partial charge is 0.350 e. The first-order valence-corrected chi connectivity index (χ1v) is 10.5. The van der Waals surface area contributed by atoms with Gasteiger partial charge in [-0.3, -0.25) is 9.69 Å². The van der Waals surface area contributed by atoms with Crippen LogP contribution >= 0.6 is 0 Å². The van der Waals surface area contributed by atoms with Gasteiger partial charge in [0.15, 0.2) is 5.82 Å². The summed E-state index contributed by atoms with van der Waals surface area (Å²) < 4.78 is 28.9. The third-order valence-electron chi connectivity index (χ3n) is 5.88. The molecular weight excluding hydrogens is 398 g/mol. The number of hydrogen-bond donors (Lipinski definition) is 1. The Kier molecular flexibility index (Phi) is 6.13. The number of nitrogens with zero attached hydrogens (tertiary/aromatic N) is 3. The predicted molar refractivity (Wildman–Crippen MR) is 115 cm³/mol. The number of rotatable bonds is 6. The van der Waals surface area contributed by atoms with Gasteiger partial charge in [0.1, 0.15) is 11.5 Å². The third kappa shape index (κ3) is 4.37. The van der Waals surface area contributed by atoms with Gasteiger partial charge in [-0.2, -0.15) is 5.10 Å². The normalized spacial score (nSPS) is 15.2. The van der Waals surface area contributed by atoms with E-state index in [1.54, 1.807) is 13.8 Å². The highest BCUT2D eigenvalue weighted by Crippen LogP contribution is 2.25. The van der Waals surface area contributed by atoms with Crippen LogP contribution in [0, 0.1) is 25.5 Å². The second-order valence-corrected chi connectivity index (χ2v) is 7.93. The van der Waals surface area contributed by atoms with E-state index < -0.39 is 11.6 Å². The number of carbonyl (C=O) groups is 1. The smallest absolute Gasteiger partial charge is 0.255 e. The lowest BCUT2D eigenvalue weighted by Gasteiger charge is -2.28. The minimum atomic E-state index is -0.726. The molecule has 1 N–H and O–H groups in total. The molecule has 4 rings (SSSR count). The van der Waals surface area contributed by atoms with E-state index in [1.165, 1.54) is 22.4 Å². The number of amides is 1. The standard InChI is InChI=1S/C24H26F2N4O/c1-16-23(17(2)30(28-16)21-11-10-19(25)14-20(21)26)24(31)27-15-22(29-12-6-7-13-29)18-8-4-3-5-9-18/h3-5,8-11,14,22H,6-7,12-13,15H2,1-2H3,(H,27,31). The lowest BCUT2D eigenvalue weighted by Crippen LogP contribution is -2.37. The first-order valence-electron chi connectivity index (χ1n) is 10.5. The maximum Gasteiger partial charge on any atom is 0.255 e. The van der Waals surface area contributed by atoms with Crippen LogP contribution in [0.15, 0.2) is 48.5 Å². The van der Waals surface area contributed by atoms with Crippen molar-refractivity contribution in [3.05, 3.63) is 82.7 Å². The first-order chi connectivity index (χ1) is 15.0. The average Bonchev–Trinajstić information content (AvgIpc) is 3.37. The molecule has 3 aromatic rings. The summed E-state index contributed by atoms with van der Waals surface area (Å²) in [4.78, 5) is 15.5. The molecule has 1 aromatic heterocycles. The molecule has 162 valence electrons. The fourth-order valence-electron chi connectivity index (χ4n) is 4.32. The lowest BCUT2D eigenvalue weighted by molar-refractivity contribution is 0.0936. The summed E-state index contributed by atoms with van der Waals surface area (Å²) in [5.74, 6) is -1.63. The summed E-state index contributed by atoms with van der Waals surface area (Å²) in [7, 11) is 0. The van der Waals surface area contributed by atoms with Gasteiger partial charge in [-0.15, -0.1) is 0 Å². The molecule has 31 heavy (non-hydrogen) atoms.